The van der Waals surface area contributed by atoms with Gasteiger partial charge in [0.05, 0.1) is 37.7 Å². The lowest BCUT2D eigenvalue weighted by Gasteiger charge is -2.28. The summed E-state index contributed by atoms with van der Waals surface area (Å²) < 4.78 is 13.4. The highest BCUT2D eigenvalue weighted by Crippen LogP contribution is 2.44. The molecule has 0 radical (unpaired) electrons. The fourth-order valence-corrected chi connectivity index (χ4v) is 5.52. The zero-order chi connectivity index (χ0) is 25.4. The minimum atomic E-state index is -0.153. The zero-order valence-electron chi connectivity index (χ0n) is 20.5. The van der Waals surface area contributed by atoms with E-state index in [2.05, 4.69) is 39.7 Å². The van der Waals surface area contributed by atoms with Crippen LogP contribution in [0.15, 0.2) is 72.9 Å². The zero-order valence-corrected chi connectivity index (χ0v) is 22.1. The number of nitrogens with one attached hydrogen (secondary N) is 1. The van der Waals surface area contributed by atoms with Gasteiger partial charge in [0, 0.05) is 34.4 Å². The molecule has 184 valence electrons. The topological polar surface area (TPSA) is 51.5 Å². The van der Waals surface area contributed by atoms with Crippen LogP contribution in [-0.4, -0.2) is 28.9 Å². The number of aryl methyl sites for hydroxylation is 1. The SMILES string of the molecule is COc1cccc(N2C(=S)N[C@@H](c3ccccn3)[C@H]2c2cc(C)n(-c3cc(Cl)ccc3OC)c2C)c1. The normalized spacial score (nSPS) is 17.2. The standard InChI is InChI=1S/C28H27ClN4O2S/c1-17-14-22(18(2)32(17)24-15-19(29)11-12-25(24)35-4)27-26(23-10-5-6-13-30-23)31-28(36)33(27)20-8-7-9-21(16-20)34-3/h5-16,26-27H,1-4H3,(H,31,36)/t26-,27+/m0/s1. The van der Waals surface area contributed by atoms with Crippen LogP contribution in [0.5, 0.6) is 11.5 Å². The third-order valence-electron chi connectivity index (χ3n) is 6.60. The van der Waals surface area contributed by atoms with E-state index in [1.165, 1.54) is 0 Å². The van der Waals surface area contributed by atoms with Crippen molar-refractivity contribution in [2.24, 2.45) is 0 Å². The van der Waals surface area contributed by atoms with Crippen molar-refractivity contribution in [1.82, 2.24) is 14.9 Å². The van der Waals surface area contributed by atoms with Gasteiger partial charge in [0.1, 0.15) is 11.5 Å². The van der Waals surface area contributed by atoms with Crippen LogP contribution in [-0.2, 0) is 0 Å². The summed E-state index contributed by atoms with van der Waals surface area (Å²) in [5.41, 5.74) is 6.01. The first-order chi connectivity index (χ1) is 17.4. The van der Waals surface area contributed by atoms with E-state index in [4.69, 9.17) is 33.3 Å². The monoisotopic (exact) mass is 518 g/mol. The third-order valence-corrected chi connectivity index (χ3v) is 7.15. The van der Waals surface area contributed by atoms with E-state index in [-0.39, 0.29) is 12.1 Å². The molecular formula is C28H27ClN4O2S. The molecule has 1 saturated heterocycles. The molecule has 2 atom stereocenters. The summed E-state index contributed by atoms with van der Waals surface area (Å²) in [6.45, 7) is 4.20. The van der Waals surface area contributed by atoms with Crippen molar-refractivity contribution in [2.45, 2.75) is 25.9 Å². The highest BCUT2D eigenvalue weighted by atomic mass is 35.5. The average molecular weight is 519 g/mol. The van der Waals surface area contributed by atoms with E-state index in [0.29, 0.717) is 10.1 Å². The average Bonchev–Trinajstić information content (AvgIpc) is 3.39. The Balaban J connectivity index is 1.70. The molecule has 0 aliphatic carbocycles. The largest absolute Gasteiger partial charge is 0.497 e. The van der Waals surface area contributed by atoms with Crippen molar-refractivity contribution in [3.63, 3.8) is 0 Å². The van der Waals surface area contributed by atoms with Gasteiger partial charge in [-0.2, -0.15) is 0 Å². The van der Waals surface area contributed by atoms with Gasteiger partial charge in [-0.3, -0.25) is 4.98 Å². The van der Waals surface area contributed by atoms with Crippen LogP contribution in [0.25, 0.3) is 5.69 Å². The maximum absolute atomic E-state index is 6.39. The van der Waals surface area contributed by atoms with Gasteiger partial charge in [-0.05, 0) is 80.2 Å². The molecule has 8 heteroatoms. The number of hydrogen-bond acceptors (Lipinski definition) is 4. The van der Waals surface area contributed by atoms with E-state index in [9.17, 15) is 0 Å². The van der Waals surface area contributed by atoms with Crippen molar-refractivity contribution >= 4 is 34.6 Å². The van der Waals surface area contributed by atoms with Crippen LogP contribution in [0.2, 0.25) is 5.02 Å². The molecule has 2 aromatic heterocycles. The van der Waals surface area contributed by atoms with Crippen molar-refractivity contribution < 1.29 is 9.47 Å². The molecule has 5 rings (SSSR count). The lowest BCUT2D eigenvalue weighted by molar-refractivity contribution is 0.412. The Hall–Kier alpha value is -3.55. The molecule has 2 aromatic carbocycles. The molecule has 0 saturated carbocycles. The maximum atomic E-state index is 6.39. The number of ether oxygens (including phenoxy) is 2. The summed E-state index contributed by atoms with van der Waals surface area (Å²) in [4.78, 5) is 6.82. The Bertz CT molecular complexity index is 1420. The Morgan fingerprint density at radius 2 is 1.81 bits per heavy atom. The molecule has 1 N–H and O–H groups in total. The maximum Gasteiger partial charge on any atom is 0.174 e. The van der Waals surface area contributed by atoms with Gasteiger partial charge < -0.3 is 24.3 Å². The smallest absolute Gasteiger partial charge is 0.174 e. The lowest BCUT2D eigenvalue weighted by atomic mass is 9.96. The van der Waals surface area contributed by atoms with Crippen LogP contribution in [0.1, 0.15) is 34.7 Å². The van der Waals surface area contributed by atoms with Gasteiger partial charge in [-0.15, -0.1) is 0 Å². The van der Waals surface area contributed by atoms with E-state index in [1.54, 1.807) is 14.2 Å². The van der Waals surface area contributed by atoms with Crippen molar-refractivity contribution in [2.75, 3.05) is 19.1 Å². The first-order valence-electron chi connectivity index (χ1n) is 11.6. The number of thiocarbonyl (C=S) groups is 1. The van der Waals surface area contributed by atoms with Crippen molar-refractivity contribution in [3.05, 3.63) is 101 Å². The van der Waals surface area contributed by atoms with E-state index in [0.717, 1.165) is 45.5 Å². The molecule has 1 aliphatic rings. The number of nitrogens with zero attached hydrogens (tertiary/aromatic N) is 3. The van der Waals surface area contributed by atoms with Crippen LogP contribution in [0.4, 0.5) is 5.69 Å². The van der Waals surface area contributed by atoms with Gasteiger partial charge in [-0.1, -0.05) is 23.7 Å². The molecular weight excluding hydrogens is 492 g/mol. The second kappa shape index (κ2) is 9.84. The molecule has 0 spiro atoms. The quantitative estimate of drug-likeness (QED) is 0.301. The fraction of sp³-hybridized carbons (Fsp3) is 0.214. The predicted molar refractivity (Wildman–Crippen MR) is 148 cm³/mol. The second-order valence-corrected chi connectivity index (χ2v) is 9.50. The molecule has 0 amide bonds. The number of pyridine rings is 1. The number of rotatable bonds is 6. The molecule has 3 heterocycles. The van der Waals surface area contributed by atoms with Gasteiger partial charge in [0.25, 0.3) is 0 Å². The first-order valence-corrected chi connectivity index (χ1v) is 12.4. The first kappa shape index (κ1) is 24.2. The summed E-state index contributed by atoms with van der Waals surface area (Å²) in [5.74, 6) is 1.52. The molecule has 6 nitrogen and oxygen atoms in total. The summed E-state index contributed by atoms with van der Waals surface area (Å²) in [5, 5.41) is 4.81. The summed E-state index contributed by atoms with van der Waals surface area (Å²) in [6, 6.07) is 21.5. The third kappa shape index (κ3) is 4.18. The van der Waals surface area contributed by atoms with Gasteiger partial charge in [0.2, 0.25) is 0 Å². The van der Waals surface area contributed by atoms with E-state index in [1.807, 2.05) is 66.9 Å². The number of benzene rings is 2. The molecule has 0 unspecified atom stereocenters. The second-order valence-electron chi connectivity index (χ2n) is 8.68. The number of halogens is 1. The Morgan fingerprint density at radius 3 is 2.53 bits per heavy atom. The van der Waals surface area contributed by atoms with E-state index < -0.39 is 0 Å². The minimum Gasteiger partial charge on any atom is -0.497 e. The van der Waals surface area contributed by atoms with Crippen molar-refractivity contribution in [3.8, 4) is 17.2 Å². The minimum absolute atomic E-state index is 0.148. The van der Waals surface area contributed by atoms with Crippen LogP contribution >= 0.6 is 23.8 Å². The number of methoxy groups -OCH3 is 2. The molecule has 4 aromatic rings. The molecule has 1 fully saturated rings. The predicted octanol–water partition coefficient (Wildman–Crippen LogP) is 6.34. The van der Waals surface area contributed by atoms with Crippen molar-refractivity contribution in [1.29, 1.82) is 0 Å². The van der Waals surface area contributed by atoms with E-state index >= 15 is 0 Å². The van der Waals surface area contributed by atoms with Gasteiger partial charge >= 0.3 is 0 Å². The Kier molecular flexibility index (Phi) is 6.60. The van der Waals surface area contributed by atoms with Crippen LogP contribution < -0.4 is 19.7 Å². The number of anilines is 1. The molecule has 0 bridgehead atoms. The van der Waals surface area contributed by atoms with Crippen LogP contribution in [0, 0.1) is 13.8 Å². The summed E-state index contributed by atoms with van der Waals surface area (Å²) in [6.07, 6.45) is 1.81. The molecule has 36 heavy (non-hydrogen) atoms. The highest BCUT2D eigenvalue weighted by Gasteiger charge is 2.42. The fourth-order valence-electron chi connectivity index (χ4n) is 5.00. The highest BCUT2D eigenvalue weighted by molar-refractivity contribution is 7.80. The van der Waals surface area contributed by atoms with Gasteiger partial charge in [0.15, 0.2) is 5.11 Å². The summed E-state index contributed by atoms with van der Waals surface area (Å²) in [7, 11) is 3.34. The van der Waals surface area contributed by atoms with Gasteiger partial charge in [-0.25, -0.2) is 0 Å². The Labute approximate surface area is 221 Å². The summed E-state index contributed by atoms with van der Waals surface area (Å²) >= 11 is 12.3. The number of aromatic nitrogens is 2. The lowest BCUT2D eigenvalue weighted by Crippen LogP contribution is -2.29. The molecule has 1 aliphatic heterocycles. The van der Waals surface area contributed by atoms with Crippen LogP contribution in [0.3, 0.4) is 0 Å². The number of hydrogen-bond donors (Lipinski definition) is 1. The Morgan fingerprint density at radius 1 is 0.972 bits per heavy atom.